The number of rotatable bonds is 6. The normalized spacial score (nSPS) is 10.5. The largest absolute Gasteiger partial charge is 0.493 e. The van der Waals surface area contributed by atoms with Crippen LogP contribution in [0.15, 0.2) is 41.2 Å². The van der Waals surface area contributed by atoms with E-state index in [4.69, 9.17) is 18.9 Å². The smallest absolute Gasteiger partial charge is 0.357 e. The quantitative estimate of drug-likeness (QED) is 0.639. The fourth-order valence-electron chi connectivity index (χ4n) is 3.37. The van der Waals surface area contributed by atoms with Gasteiger partial charge in [-0.05, 0) is 29.1 Å². The minimum Gasteiger partial charge on any atom is -0.493 e. The van der Waals surface area contributed by atoms with Gasteiger partial charge in [0.1, 0.15) is 0 Å². The first-order valence-corrected chi connectivity index (χ1v) is 8.76. The topological polar surface area (TPSA) is 88.0 Å². The lowest BCUT2D eigenvalue weighted by Gasteiger charge is -2.20. The molecule has 0 spiro atoms. The number of hydrogen-bond acceptors (Lipinski definition) is 7. The number of methoxy groups -OCH3 is 4. The number of fused-ring (bicyclic) bond motifs is 1. The van der Waals surface area contributed by atoms with Crippen LogP contribution in [0.2, 0.25) is 0 Å². The molecule has 2 aromatic carbocycles. The summed E-state index contributed by atoms with van der Waals surface area (Å²) in [6.07, 6.45) is 0. The van der Waals surface area contributed by atoms with E-state index in [-0.39, 0.29) is 11.3 Å². The van der Waals surface area contributed by atoms with Crippen molar-refractivity contribution in [3.05, 3.63) is 52.4 Å². The summed E-state index contributed by atoms with van der Waals surface area (Å²) in [5, 5.41) is 1.04. The number of carbonyl (C=O) groups is 1. The molecule has 8 heteroatoms. The third kappa shape index (κ3) is 3.22. The molecule has 0 saturated heterocycles. The van der Waals surface area contributed by atoms with Crippen LogP contribution < -0.4 is 25.2 Å². The van der Waals surface area contributed by atoms with Crippen LogP contribution in [0.5, 0.6) is 17.2 Å². The van der Waals surface area contributed by atoms with Gasteiger partial charge in [0, 0.05) is 18.0 Å². The fraction of sp³-hybridized carbons (Fsp3) is 0.238. The van der Waals surface area contributed by atoms with Gasteiger partial charge in [0.15, 0.2) is 17.2 Å². The number of nitrogens with one attached hydrogen (secondary N) is 1. The van der Waals surface area contributed by atoms with Gasteiger partial charge in [-0.2, -0.15) is 0 Å². The second kappa shape index (κ2) is 8.14. The molecule has 8 nitrogen and oxygen atoms in total. The van der Waals surface area contributed by atoms with Crippen molar-refractivity contribution in [1.82, 2.24) is 4.68 Å². The second-order valence-electron chi connectivity index (χ2n) is 6.04. The Kier molecular flexibility index (Phi) is 5.63. The summed E-state index contributed by atoms with van der Waals surface area (Å²) < 4.78 is 22.4. The molecule has 0 amide bonds. The van der Waals surface area contributed by atoms with Gasteiger partial charge in [-0.25, -0.2) is 9.47 Å². The summed E-state index contributed by atoms with van der Waals surface area (Å²) in [6, 6.07) is 10.5. The second-order valence-corrected chi connectivity index (χ2v) is 6.04. The highest BCUT2D eigenvalue weighted by molar-refractivity contribution is 6.07. The maximum atomic E-state index is 13.0. The van der Waals surface area contributed by atoms with Gasteiger partial charge in [-0.15, -0.1) is 0 Å². The molecule has 3 aromatic rings. The van der Waals surface area contributed by atoms with Crippen LogP contribution in [0.25, 0.3) is 21.9 Å². The molecule has 0 bridgehead atoms. The summed E-state index contributed by atoms with van der Waals surface area (Å²) in [7, 11) is 7.35. The van der Waals surface area contributed by atoms with E-state index in [9.17, 15) is 9.59 Å². The van der Waals surface area contributed by atoms with E-state index < -0.39 is 5.97 Å². The van der Waals surface area contributed by atoms with Crippen LogP contribution in [0, 0.1) is 0 Å². The lowest BCUT2D eigenvalue weighted by atomic mass is 9.96. The Morgan fingerprint density at radius 2 is 1.52 bits per heavy atom. The zero-order valence-corrected chi connectivity index (χ0v) is 16.9. The van der Waals surface area contributed by atoms with Crippen LogP contribution >= 0.6 is 0 Å². The average molecular weight is 398 g/mol. The van der Waals surface area contributed by atoms with Gasteiger partial charge in [0.05, 0.1) is 28.4 Å². The molecule has 1 aromatic heterocycles. The van der Waals surface area contributed by atoms with E-state index >= 15 is 0 Å². The molecule has 1 heterocycles. The van der Waals surface area contributed by atoms with Crippen molar-refractivity contribution in [3.8, 4) is 28.4 Å². The summed E-state index contributed by atoms with van der Waals surface area (Å²) in [5.74, 6) is 0.600. The molecular formula is C21H22N2O6. The van der Waals surface area contributed by atoms with Crippen molar-refractivity contribution in [2.24, 2.45) is 0 Å². The molecule has 3 rings (SSSR count). The van der Waals surface area contributed by atoms with Crippen molar-refractivity contribution in [2.75, 3.05) is 40.9 Å². The molecule has 0 atom stereocenters. The van der Waals surface area contributed by atoms with E-state index in [1.807, 2.05) is 0 Å². The summed E-state index contributed by atoms with van der Waals surface area (Å²) in [6.45, 7) is 0. The molecule has 152 valence electrons. The molecular weight excluding hydrogens is 376 g/mol. The molecule has 1 N–H and O–H groups in total. The summed E-state index contributed by atoms with van der Waals surface area (Å²) >= 11 is 0. The van der Waals surface area contributed by atoms with Crippen LogP contribution in [-0.2, 0) is 4.74 Å². The van der Waals surface area contributed by atoms with Crippen molar-refractivity contribution < 1.29 is 23.7 Å². The lowest BCUT2D eigenvalue weighted by Crippen LogP contribution is -2.33. The Bertz CT molecular complexity index is 1110. The zero-order valence-electron chi connectivity index (χ0n) is 16.9. The van der Waals surface area contributed by atoms with E-state index in [1.165, 1.54) is 33.1 Å². The summed E-state index contributed by atoms with van der Waals surface area (Å²) in [5.41, 5.74) is 3.58. The lowest BCUT2D eigenvalue weighted by molar-refractivity contribution is 0.0590. The monoisotopic (exact) mass is 398 g/mol. The number of esters is 1. The average Bonchev–Trinajstić information content (AvgIpc) is 2.77. The van der Waals surface area contributed by atoms with Crippen molar-refractivity contribution in [3.63, 3.8) is 0 Å². The number of ether oxygens (including phenoxy) is 4. The van der Waals surface area contributed by atoms with Gasteiger partial charge in [-0.3, -0.25) is 4.79 Å². The van der Waals surface area contributed by atoms with E-state index in [0.717, 1.165) is 0 Å². The molecule has 0 aliphatic carbocycles. The minimum atomic E-state index is -0.661. The van der Waals surface area contributed by atoms with Gasteiger partial charge >= 0.3 is 5.97 Å². The van der Waals surface area contributed by atoms with Crippen molar-refractivity contribution >= 4 is 16.7 Å². The number of hydrogen-bond donors (Lipinski definition) is 1. The predicted octanol–water partition coefficient (Wildman–Crippen LogP) is 2.65. The predicted molar refractivity (Wildman–Crippen MR) is 110 cm³/mol. The Morgan fingerprint density at radius 1 is 0.931 bits per heavy atom. The Hall–Kier alpha value is -3.68. The van der Waals surface area contributed by atoms with Crippen LogP contribution in [0.1, 0.15) is 10.5 Å². The Balaban J connectivity index is 2.54. The fourth-order valence-corrected chi connectivity index (χ4v) is 3.37. The van der Waals surface area contributed by atoms with Crippen molar-refractivity contribution in [1.29, 1.82) is 0 Å². The van der Waals surface area contributed by atoms with Gasteiger partial charge < -0.3 is 24.4 Å². The molecule has 0 radical (unpaired) electrons. The molecule has 0 unspecified atom stereocenters. The Labute approximate surface area is 167 Å². The van der Waals surface area contributed by atoms with Gasteiger partial charge in [0.2, 0.25) is 5.75 Å². The molecule has 0 saturated carbocycles. The zero-order chi connectivity index (χ0) is 21.1. The maximum Gasteiger partial charge on any atom is 0.357 e. The van der Waals surface area contributed by atoms with E-state index in [1.54, 1.807) is 43.4 Å². The molecule has 0 aliphatic rings. The van der Waals surface area contributed by atoms with Gasteiger partial charge in [0.25, 0.3) is 5.56 Å². The third-order valence-electron chi connectivity index (χ3n) is 4.65. The molecule has 0 fully saturated rings. The van der Waals surface area contributed by atoms with Crippen LogP contribution in [0.3, 0.4) is 0 Å². The number of pyridine rings is 1. The molecule has 0 aliphatic heterocycles. The number of benzene rings is 2. The Morgan fingerprint density at radius 3 is 2.00 bits per heavy atom. The minimum absolute atomic E-state index is 0.0629. The standard InChI is InChI=1S/C21H22N2O6/c1-22-23-18(21(25)29-5)17(13-8-6-7-9-14(13)20(23)24)12-10-15(26-2)19(28-4)16(11-12)27-3/h6-11,22H,1-5H3. The summed E-state index contributed by atoms with van der Waals surface area (Å²) in [4.78, 5) is 25.7. The first-order chi connectivity index (χ1) is 14.0. The highest BCUT2D eigenvalue weighted by Gasteiger charge is 2.25. The SMILES string of the molecule is CNn1c(C(=O)OC)c(-c2cc(OC)c(OC)c(OC)c2)c2ccccc2c1=O. The highest BCUT2D eigenvalue weighted by atomic mass is 16.5. The molecule has 29 heavy (non-hydrogen) atoms. The van der Waals surface area contributed by atoms with Gasteiger partial charge in [-0.1, -0.05) is 18.2 Å². The van der Waals surface area contributed by atoms with E-state index in [2.05, 4.69) is 5.43 Å². The van der Waals surface area contributed by atoms with E-state index in [0.29, 0.717) is 39.1 Å². The first kappa shape index (κ1) is 20.1. The third-order valence-corrected chi connectivity index (χ3v) is 4.65. The van der Waals surface area contributed by atoms with Crippen LogP contribution in [0.4, 0.5) is 0 Å². The van der Waals surface area contributed by atoms with Crippen LogP contribution in [-0.4, -0.2) is 46.1 Å². The first-order valence-electron chi connectivity index (χ1n) is 8.76. The number of aromatic nitrogens is 1. The number of nitrogens with zero attached hydrogens (tertiary/aromatic N) is 1. The maximum absolute atomic E-state index is 13.0. The number of carbonyl (C=O) groups excluding carboxylic acids is 1. The van der Waals surface area contributed by atoms with Crippen molar-refractivity contribution in [2.45, 2.75) is 0 Å². The highest BCUT2D eigenvalue weighted by Crippen LogP contribution is 2.43.